The molecule has 1 aromatic rings. The van der Waals surface area contributed by atoms with E-state index >= 15 is 0 Å². The summed E-state index contributed by atoms with van der Waals surface area (Å²) in [5.74, 6) is 0. The van der Waals surface area contributed by atoms with E-state index in [0.29, 0.717) is 0 Å². The quantitative estimate of drug-likeness (QED) is 0.366. The molecule has 0 aliphatic rings. The number of rotatable bonds is 13. The Hall–Kier alpha value is 1.05. The SMILES string of the molecule is [K+].[O-]C(=[Se])CCCCCCCCCCCCc1ccccc1. The molecule has 0 aliphatic heterocycles. The van der Waals surface area contributed by atoms with Gasteiger partial charge < -0.3 is 0 Å². The summed E-state index contributed by atoms with van der Waals surface area (Å²) in [5, 5.41) is 10.7. The average molecular weight is 391 g/mol. The molecule has 0 heterocycles. The Morgan fingerprint density at radius 2 is 1.18 bits per heavy atom. The van der Waals surface area contributed by atoms with E-state index in [1.54, 1.807) is 0 Å². The number of aryl methyl sites for hydroxylation is 1. The second kappa shape index (κ2) is 16.9. The van der Waals surface area contributed by atoms with Crippen LogP contribution in [0, 0.1) is 0 Å². The maximum atomic E-state index is 10.7. The summed E-state index contributed by atoms with van der Waals surface area (Å²) >= 11 is 2.55. The molecule has 0 saturated heterocycles. The van der Waals surface area contributed by atoms with E-state index in [4.69, 9.17) is 0 Å². The smallest absolute Gasteiger partial charge is 0.0622 e. The van der Waals surface area contributed by atoms with Gasteiger partial charge in [-0.3, -0.25) is 0 Å². The molecule has 0 fully saturated rings. The van der Waals surface area contributed by atoms with Crippen LogP contribution >= 0.6 is 0 Å². The van der Waals surface area contributed by atoms with Crippen LogP contribution in [0.4, 0.5) is 0 Å². The third-order valence-corrected chi connectivity index (χ3v) is 4.37. The monoisotopic (exact) mass is 392 g/mol. The Kier molecular flexibility index (Phi) is 17.7. The summed E-state index contributed by atoms with van der Waals surface area (Å²) in [6.07, 6.45) is 15.1. The van der Waals surface area contributed by atoms with Crippen LogP contribution in [0.3, 0.4) is 0 Å². The Balaban J connectivity index is 0.00000441. The first-order valence-corrected chi connectivity index (χ1v) is 9.38. The molecular formula is C19H29KOSe. The number of benzene rings is 1. The zero-order chi connectivity index (χ0) is 15.2. The van der Waals surface area contributed by atoms with E-state index in [1.807, 2.05) is 0 Å². The fourth-order valence-corrected chi connectivity index (χ4v) is 2.96. The molecule has 0 aliphatic carbocycles. The molecular weight excluding hydrogens is 362 g/mol. The Morgan fingerprint density at radius 3 is 1.68 bits per heavy atom. The maximum absolute atomic E-state index is 10.7. The zero-order valence-electron chi connectivity index (χ0n) is 14.2. The molecule has 1 aromatic carbocycles. The summed E-state index contributed by atoms with van der Waals surface area (Å²) in [5.41, 5.74) is 1.47. The Bertz CT molecular complexity index is 367. The number of unbranched alkanes of at least 4 members (excludes halogenated alkanes) is 9. The fraction of sp³-hybridized carbons (Fsp3) is 0.632. The third-order valence-electron chi connectivity index (χ3n) is 3.94. The van der Waals surface area contributed by atoms with Gasteiger partial charge in [0.1, 0.15) is 0 Å². The van der Waals surface area contributed by atoms with Crippen LogP contribution in [0.1, 0.15) is 76.2 Å². The van der Waals surface area contributed by atoms with Crippen LogP contribution in [-0.2, 0) is 6.42 Å². The van der Waals surface area contributed by atoms with Crippen molar-refractivity contribution in [2.75, 3.05) is 0 Å². The minimum Gasteiger partial charge on any atom is -0.0622 e. The van der Waals surface area contributed by atoms with Gasteiger partial charge in [0.15, 0.2) is 0 Å². The molecule has 0 amide bonds. The summed E-state index contributed by atoms with van der Waals surface area (Å²) in [7, 11) is 0. The van der Waals surface area contributed by atoms with Gasteiger partial charge in [0.05, 0.1) is 0 Å². The van der Waals surface area contributed by atoms with E-state index in [0.717, 1.165) is 12.8 Å². The summed E-state index contributed by atoms with van der Waals surface area (Å²) in [6, 6.07) is 10.8. The molecule has 0 radical (unpaired) electrons. The summed E-state index contributed by atoms with van der Waals surface area (Å²) in [4.78, 5) is 0. The van der Waals surface area contributed by atoms with Crippen molar-refractivity contribution in [2.24, 2.45) is 0 Å². The minimum atomic E-state index is 0. The van der Waals surface area contributed by atoms with Gasteiger partial charge in [-0.15, -0.1) is 0 Å². The molecule has 3 heteroatoms. The van der Waals surface area contributed by atoms with E-state index in [-0.39, 0.29) is 56.0 Å². The first kappa shape index (κ1) is 23.0. The Morgan fingerprint density at radius 1 is 0.727 bits per heavy atom. The second-order valence-electron chi connectivity index (χ2n) is 5.89. The molecule has 22 heavy (non-hydrogen) atoms. The predicted octanol–water partition coefficient (Wildman–Crippen LogP) is 1.18. The van der Waals surface area contributed by atoms with Crippen LogP contribution in [0.25, 0.3) is 0 Å². The van der Waals surface area contributed by atoms with Gasteiger partial charge in [-0.05, 0) is 12.0 Å². The van der Waals surface area contributed by atoms with Crippen molar-refractivity contribution < 1.29 is 56.5 Å². The van der Waals surface area contributed by atoms with E-state index in [9.17, 15) is 5.11 Å². The minimum absolute atomic E-state index is 0. The molecule has 0 N–H and O–H groups in total. The van der Waals surface area contributed by atoms with Crippen molar-refractivity contribution in [1.29, 1.82) is 0 Å². The summed E-state index contributed by atoms with van der Waals surface area (Å²) in [6.45, 7) is 0. The van der Waals surface area contributed by atoms with Gasteiger partial charge in [0.2, 0.25) is 0 Å². The Labute approximate surface area is 187 Å². The summed E-state index contributed by atoms with van der Waals surface area (Å²) < 4.78 is 0.213. The molecule has 0 unspecified atom stereocenters. The van der Waals surface area contributed by atoms with Gasteiger partial charge in [-0.1, -0.05) is 30.3 Å². The molecule has 0 aromatic heterocycles. The molecule has 0 bridgehead atoms. The van der Waals surface area contributed by atoms with Gasteiger partial charge in [0.25, 0.3) is 0 Å². The molecule has 1 nitrogen and oxygen atoms in total. The van der Waals surface area contributed by atoms with E-state index in [1.165, 1.54) is 69.8 Å². The number of hydrogen-bond donors (Lipinski definition) is 0. The molecule has 0 atom stereocenters. The second-order valence-corrected chi connectivity index (χ2v) is 6.85. The van der Waals surface area contributed by atoms with Crippen molar-refractivity contribution in [2.45, 2.75) is 77.0 Å². The zero-order valence-corrected chi connectivity index (χ0v) is 19.0. The molecule has 118 valence electrons. The van der Waals surface area contributed by atoms with Crippen LogP contribution in [-0.4, -0.2) is 20.2 Å². The predicted molar refractivity (Wildman–Crippen MR) is 91.7 cm³/mol. The van der Waals surface area contributed by atoms with Crippen molar-refractivity contribution in [3.8, 4) is 0 Å². The first-order chi connectivity index (χ1) is 10.3. The average Bonchev–Trinajstić information content (AvgIpc) is 2.49. The third kappa shape index (κ3) is 14.6. The van der Waals surface area contributed by atoms with Gasteiger partial charge in [-0.25, -0.2) is 0 Å². The molecule has 0 spiro atoms. The molecule has 0 saturated carbocycles. The van der Waals surface area contributed by atoms with Crippen molar-refractivity contribution in [3.05, 3.63) is 35.9 Å². The van der Waals surface area contributed by atoms with E-state index < -0.39 is 0 Å². The standard InChI is InChI=1S/C19H30OSe.K/c20-19(21)17-13-8-6-4-2-1-3-5-7-10-14-18-15-11-9-12-16-18;/h9,11-12,15-16H,1-8,10,13-14,17H2,(H,20,21);/q;+1/p-1. The van der Waals surface area contributed by atoms with Crippen LogP contribution < -0.4 is 56.5 Å². The van der Waals surface area contributed by atoms with Gasteiger partial charge >= 0.3 is 147 Å². The van der Waals surface area contributed by atoms with Gasteiger partial charge in [-0.2, -0.15) is 0 Å². The molecule has 1 rings (SSSR count). The first-order valence-electron chi connectivity index (χ1n) is 8.53. The van der Waals surface area contributed by atoms with Crippen LogP contribution in [0.2, 0.25) is 0 Å². The normalized spacial score (nSPS) is 10.2. The van der Waals surface area contributed by atoms with Crippen molar-refractivity contribution >= 4 is 20.2 Å². The fourth-order valence-electron chi connectivity index (χ4n) is 2.66. The topological polar surface area (TPSA) is 23.1 Å². The van der Waals surface area contributed by atoms with Crippen LogP contribution in [0.15, 0.2) is 30.3 Å². The van der Waals surface area contributed by atoms with E-state index in [2.05, 4.69) is 45.9 Å². The van der Waals surface area contributed by atoms with Gasteiger partial charge in [0, 0.05) is 0 Å². The van der Waals surface area contributed by atoms with Crippen molar-refractivity contribution in [1.82, 2.24) is 0 Å². The number of hydrogen-bond acceptors (Lipinski definition) is 1. The van der Waals surface area contributed by atoms with Crippen LogP contribution in [0.5, 0.6) is 0 Å². The van der Waals surface area contributed by atoms with Crippen molar-refractivity contribution in [3.63, 3.8) is 0 Å².